The van der Waals surface area contributed by atoms with E-state index in [4.69, 9.17) is 0 Å². The van der Waals surface area contributed by atoms with Crippen LogP contribution in [0.4, 0.5) is 0 Å². The first-order chi connectivity index (χ1) is 9.39. The van der Waals surface area contributed by atoms with Gasteiger partial charge in [0.15, 0.2) is 15.6 Å². The van der Waals surface area contributed by atoms with Gasteiger partial charge < -0.3 is 0 Å². The summed E-state index contributed by atoms with van der Waals surface area (Å²) in [6.07, 6.45) is 3.09. The van der Waals surface area contributed by atoms with E-state index in [1.54, 1.807) is 6.07 Å². The van der Waals surface area contributed by atoms with Gasteiger partial charge in [-0.3, -0.25) is 4.79 Å². The lowest BCUT2D eigenvalue weighted by molar-refractivity contribution is 0.0993. The normalized spacial score (nSPS) is 15.5. The average Bonchev–Trinajstić information content (AvgIpc) is 2.82. The molecule has 0 saturated heterocycles. The Morgan fingerprint density at radius 1 is 1.10 bits per heavy atom. The third-order valence-electron chi connectivity index (χ3n) is 4.15. The summed E-state index contributed by atoms with van der Waals surface area (Å²) in [5.74, 6) is -0.317. The van der Waals surface area contributed by atoms with E-state index in [-0.39, 0.29) is 5.78 Å². The summed E-state index contributed by atoms with van der Waals surface area (Å²) in [6.45, 7) is 1.46. The number of benzene rings is 2. The summed E-state index contributed by atoms with van der Waals surface area (Å²) in [4.78, 5) is 12.5. The Bertz CT molecular complexity index is 809. The molecule has 1 aliphatic rings. The second-order valence-corrected chi connectivity index (χ2v) is 7.81. The maximum absolute atomic E-state index is 12.5. The smallest absolute Gasteiger partial charge is 0.181 e. The Labute approximate surface area is 118 Å². The molecule has 0 radical (unpaired) electrons. The zero-order valence-electron chi connectivity index (χ0n) is 11.5. The van der Waals surface area contributed by atoms with Gasteiger partial charge >= 0.3 is 0 Å². The van der Waals surface area contributed by atoms with Gasteiger partial charge in [-0.2, -0.15) is 0 Å². The van der Waals surface area contributed by atoms with Gasteiger partial charge in [0.1, 0.15) is 5.25 Å². The van der Waals surface area contributed by atoms with E-state index in [9.17, 15) is 13.2 Å². The fourth-order valence-corrected chi connectivity index (χ4v) is 3.39. The van der Waals surface area contributed by atoms with Gasteiger partial charge in [-0.05, 0) is 41.7 Å². The van der Waals surface area contributed by atoms with Crippen LogP contribution >= 0.6 is 0 Å². The van der Waals surface area contributed by atoms with E-state index in [1.165, 1.54) is 18.1 Å². The molecule has 0 amide bonds. The highest BCUT2D eigenvalue weighted by molar-refractivity contribution is 7.92. The van der Waals surface area contributed by atoms with Gasteiger partial charge in [0, 0.05) is 11.8 Å². The molecule has 3 rings (SSSR count). The van der Waals surface area contributed by atoms with Gasteiger partial charge in [-0.15, -0.1) is 0 Å². The van der Waals surface area contributed by atoms with Gasteiger partial charge in [0.05, 0.1) is 0 Å². The number of aryl methyl sites for hydroxylation is 2. The van der Waals surface area contributed by atoms with Crippen molar-refractivity contribution in [1.29, 1.82) is 0 Å². The highest BCUT2D eigenvalue weighted by Gasteiger charge is 2.27. The van der Waals surface area contributed by atoms with Crippen molar-refractivity contribution in [3.63, 3.8) is 0 Å². The van der Waals surface area contributed by atoms with Crippen molar-refractivity contribution in [2.45, 2.75) is 25.0 Å². The zero-order valence-corrected chi connectivity index (χ0v) is 12.3. The molecule has 0 N–H and O–H groups in total. The van der Waals surface area contributed by atoms with Crippen LogP contribution in [0.25, 0.3) is 10.8 Å². The highest BCUT2D eigenvalue weighted by Crippen LogP contribution is 2.33. The summed E-state index contributed by atoms with van der Waals surface area (Å²) < 4.78 is 23.2. The molecule has 0 aromatic heterocycles. The monoisotopic (exact) mass is 288 g/mol. The van der Waals surface area contributed by atoms with Crippen LogP contribution in [0.2, 0.25) is 0 Å². The van der Waals surface area contributed by atoms with Crippen LogP contribution in [0.15, 0.2) is 30.3 Å². The van der Waals surface area contributed by atoms with E-state index in [2.05, 4.69) is 6.07 Å². The van der Waals surface area contributed by atoms with Crippen LogP contribution in [0, 0.1) is 0 Å². The molecule has 20 heavy (non-hydrogen) atoms. The van der Waals surface area contributed by atoms with E-state index in [1.807, 2.05) is 18.2 Å². The number of rotatable bonds is 3. The van der Waals surface area contributed by atoms with Gasteiger partial charge in [-0.25, -0.2) is 8.42 Å². The number of hydrogen-bond acceptors (Lipinski definition) is 3. The van der Waals surface area contributed by atoms with Crippen molar-refractivity contribution in [2.75, 3.05) is 6.26 Å². The minimum atomic E-state index is -3.37. The molecule has 0 bridgehead atoms. The first kappa shape index (κ1) is 13.3. The van der Waals surface area contributed by atoms with Crippen molar-refractivity contribution in [1.82, 2.24) is 0 Å². The van der Waals surface area contributed by atoms with Crippen molar-refractivity contribution < 1.29 is 13.2 Å². The molecule has 0 fully saturated rings. The summed E-state index contributed by atoms with van der Waals surface area (Å²) in [6, 6.07) is 9.66. The number of ketones is 1. The molecular weight excluding hydrogens is 272 g/mol. The highest BCUT2D eigenvalue weighted by atomic mass is 32.2. The van der Waals surface area contributed by atoms with Crippen LogP contribution in [0.5, 0.6) is 0 Å². The van der Waals surface area contributed by atoms with Gasteiger partial charge in [0.2, 0.25) is 0 Å². The molecule has 1 aliphatic carbocycles. The van der Waals surface area contributed by atoms with Crippen molar-refractivity contribution in [3.8, 4) is 0 Å². The lowest BCUT2D eigenvalue weighted by Crippen LogP contribution is -2.26. The molecule has 2 aromatic carbocycles. The van der Waals surface area contributed by atoms with E-state index < -0.39 is 15.1 Å². The second kappa shape index (κ2) is 4.42. The minimum absolute atomic E-state index is 0.317. The molecule has 3 nitrogen and oxygen atoms in total. The number of carbonyl (C=O) groups excluding carboxylic acids is 1. The lowest BCUT2D eigenvalue weighted by Gasteiger charge is -2.12. The third kappa shape index (κ3) is 1.95. The fraction of sp³-hybridized carbons (Fsp3) is 0.312. The maximum Gasteiger partial charge on any atom is 0.181 e. The summed E-state index contributed by atoms with van der Waals surface area (Å²) in [5, 5.41) is 1.03. The van der Waals surface area contributed by atoms with Crippen molar-refractivity contribution >= 4 is 26.4 Å². The topological polar surface area (TPSA) is 51.2 Å². The van der Waals surface area contributed by atoms with Crippen LogP contribution in [-0.2, 0) is 22.7 Å². The molecule has 1 unspecified atom stereocenters. The lowest BCUT2D eigenvalue weighted by atomic mass is 9.96. The Hall–Kier alpha value is -1.68. The largest absolute Gasteiger partial charge is 0.293 e. The van der Waals surface area contributed by atoms with Gasteiger partial charge in [-0.1, -0.05) is 30.3 Å². The van der Waals surface area contributed by atoms with Crippen LogP contribution in [0.3, 0.4) is 0 Å². The molecular formula is C16H16O3S. The Balaban J connectivity index is 2.22. The molecule has 0 aliphatic heterocycles. The first-order valence-corrected chi connectivity index (χ1v) is 8.61. The SMILES string of the molecule is CC(C(=O)c1ccc2c3c(cccc13)CC2)S(C)(=O)=O. The van der Waals surface area contributed by atoms with Crippen LogP contribution < -0.4 is 0 Å². The summed E-state index contributed by atoms with van der Waals surface area (Å²) >= 11 is 0. The molecule has 0 saturated carbocycles. The van der Waals surface area contributed by atoms with Crippen molar-refractivity contribution in [3.05, 3.63) is 47.0 Å². The predicted octanol–water partition coefficient (Wildman–Crippen LogP) is 2.55. The van der Waals surface area contributed by atoms with E-state index in [0.29, 0.717) is 5.56 Å². The molecule has 1 atom stereocenters. The predicted molar refractivity (Wildman–Crippen MR) is 80.0 cm³/mol. The fourth-order valence-electron chi connectivity index (χ4n) is 2.88. The average molecular weight is 288 g/mol. The van der Waals surface area contributed by atoms with E-state index >= 15 is 0 Å². The molecule has 4 heteroatoms. The first-order valence-electron chi connectivity index (χ1n) is 6.66. The maximum atomic E-state index is 12.5. The summed E-state index contributed by atoms with van der Waals surface area (Å²) in [5.41, 5.74) is 3.02. The Morgan fingerprint density at radius 2 is 1.75 bits per heavy atom. The van der Waals surface area contributed by atoms with Crippen LogP contribution in [0.1, 0.15) is 28.4 Å². The number of sulfone groups is 1. The Morgan fingerprint density at radius 3 is 2.40 bits per heavy atom. The molecule has 0 spiro atoms. The van der Waals surface area contributed by atoms with Crippen LogP contribution in [-0.4, -0.2) is 25.7 Å². The molecule has 104 valence electrons. The number of carbonyl (C=O) groups is 1. The molecule has 0 heterocycles. The number of Topliss-reactive ketones (excluding diaryl/α,β-unsaturated/α-hetero) is 1. The van der Waals surface area contributed by atoms with Crippen molar-refractivity contribution in [2.24, 2.45) is 0 Å². The minimum Gasteiger partial charge on any atom is -0.293 e. The standard InChI is InChI=1S/C16H16O3S/c1-10(20(2,18)19)16(17)14-9-8-12-7-6-11-4-3-5-13(14)15(11)12/h3-5,8-10H,6-7H2,1-2H3. The van der Waals surface area contributed by atoms with E-state index in [0.717, 1.165) is 29.9 Å². The zero-order chi connectivity index (χ0) is 14.5. The Kier molecular flexibility index (Phi) is 2.94. The van der Waals surface area contributed by atoms with Gasteiger partial charge in [0.25, 0.3) is 0 Å². The second-order valence-electron chi connectivity index (χ2n) is 5.45. The quantitative estimate of drug-likeness (QED) is 0.816. The number of hydrogen-bond donors (Lipinski definition) is 0. The summed E-state index contributed by atoms with van der Waals surface area (Å²) in [7, 11) is -3.37. The third-order valence-corrected chi connectivity index (χ3v) is 5.65. The molecule has 2 aromatic rings.